The highest BCUT2D eigenvalue weighted by atomic mass is 16.5. The fourth-order valence-corrected chi connectivity index (χ4v) is 2.97. The lowest BCUT2D eigenvalue weighted by Gasteiger charge is -2.24. The van der Waals surface area contributed by atoms with Crippen LogP contribution in [0.4, 0.5) is 0 Å². The monoisotopic (exact) mass is 319 g/mol. The van der Waals surface area contributed by atoms with Crippen LogP contribution in [0.3, 0.4) is 0 Å². The molecule has 5 nitrogen and oxygen atoms in total. The van der Waals surface area contributed by atoms with E-state index in [1.54, 1.807) is 12.0 Å². The first-order valence-electron chi connectivity index (χ1n) is 7.88. The van der Waals surface area contributed by atoms with Crippen LogP contribution in [0.2, 0.25) is 0 Å². The van der Waals surface area contributed by atoms with Gasteiger partial charge in [0.15, 0.2) is 0 Å². The van der Waals surface area contributed by atoms with Gasteiger partial charge in [0.25, 0.3) is 5.91 Å². The van der Waals surface area contributed by atoms with E-state index < -0.39 is 5.97 Å². The van der Waals surface area contributed by atoms with Gasteiger partial charge in [-0.2, -0.15) is 0 Å². The average molecular weight is 319 g/mol. The number of carbonyl (C=O) groups is 2. The zero-order valence-electron chi connectivity index (χ0n) is 14.2. The predicted molar refractivity (Wildman–Crippen MR) is 87.6 cm³/mol. The summed E-state index contributed by atoms with van der Waals surface area (Å²) in [6.07, 6.45) is 0.414. The molecule has 0 aliphatic carbocycles. The van der Waals surface area contributed by atoms with Gasteiger partial charge in [-0.3, -0.25) is 9.59 Å². The second-order valence-corrected chi connectivity index (χ2v) is 7.13. The predicted octanol–water partition coefficient (Wildman–Crippen LogP) is 2.69. The van der Waals surface area contributed by atoms with Crippen molar-refractivity contribution in [3.63, 3.8) is 0 Å². The number of rotatable bonds is 4. The molecule has 1 saturated heterocycles. The van der Waals surface area contributed by atoms with Gasteiger partial charge in [0.2, 0.25) is 0 Å². The Bertz CT molecular complexity index is 574. The summed E-state index contributed by atoms with van der Waals surface area (Å²) in [6, 6.07) is 7.25. The summed E-state index contributed by atoms with van der Waals surface area (Å²) in [6.45, 7) is 6.80. The maximum atomic E-state index is 12.7. The van der Waals surface area contributed by atoms with Crippen molar-refractivity contribution in [3.05, 3.63) is 35.4 Å². The van der Waals surface area contributed by atoms with E-state index in [1.165, 1.54) is 0 Å². The van der Waals surface area contributed by atoms with Crippen molar-refractivity contribution in [2.45, 2.75) is 51.2 Å². The van der Waals surface area contributed by atoms with Gasteiger partial charge < -0.3 is 14.7 Å². The minimum absolute atomic E-state index is 0.0300. The molecule has 1 N–H and O–H groups in total. The standard InChI is InChI=1S/C18H25NO4/c1-18(2,3)13-7-5-12(6-8-13)17(22)19-11-15(23-4)9-14(19)10-16(20)21/h5-8,14-15H,9-11H2,1-4H3,(H,20,21). The number of aliphatic carboxylic acids is 1. The molecule has 1 amide bonds. The molecular formula is C18H25NO4. The molecule has 0 bridgehead atoms. The van der Waals surface area contributed by atoms with Crippen molar-refractivity contribution in [2.75, 3.05) is 13.7 Å². The number of carbonyl (C=O) groups excluding carboxylic acids is 1. The van der Waals surface area contributed by atoms with Crippen LogP contribution in [0.25, 0.3) is 0 Å². The Morgan fingerprint density at radius 1 is 1.26 bits per heavy atom. The number of hydrogen-bond acceptors (Lipinski definition) is 3. The van der Waals surface area contributed by atoms with Gasteiger partial charge in [-0.15, -0.1) is 0 Å². The smallest absolute Gasteiger partial charge is 0.305 e. The van der Waals surface area contributed by atoms with E-state index in [4.69, 9.17) is 9.84 Å². The van der Waals surface area contributed by atoms with E-state index >= 15 is 0 Å². The second kappa shape index (κ2) is 6.71. The number of likely N-dealkylation sites (tertiary alicyclic amines) is 1. The summed E-state index contributed by atoms with van der Waals surface area (Å²) < 4.78 is 5.32. The third-order valence-electron chi connectivity index (χ3n) is 4.38. The maximum absolute atomic E-state index is 12.7. The molecule has 2 unspecified atom stereocenters. The molecule has 1 aromatic carbocycles. The first-order valence-corrected chi connectivity index (χ1v) is 7.88. The lowest BCUT2D eigenvalue weighted by Crippen LogP contribution is -2.37. The van der Waals surface area contributed by atoms with Crippen LogP contribution < -0.4 is 0 Å². The number of ether oxygens (including phenoxy) is 1. The molecule has 5 heteroatoms. The van der Waals surface area contributed by atoms with Gasteiger partial charge >= 0.3 is 5.97 Å². The largest absolute Gasteiger partial charge is 0.481 e. The lowest BCUT2D eigenvalue weighted by atomic mass is 9.86. The topological polar surface area (TPSA) is 66.8 Å². The summed E-state index contributed by atoms with van der Waals surface area (Å²) in [4.78, 5) is 25.4. The normalized spacial score (nSPS) is 21.5. The van der Waals surface area contributed by atoms with E-state index in [-0.39, 0.29) is 29.9 Å². The minimum Gasteiger partial charge on any atom is -0.481 e. The molecule has 2 rings (SSSR count). The Hall–Kier alpha value is -1.88. The van der Waals surface area contributed by atoms with E-state index in [9.17, 15) is 9.59 Å². The van der Waals surface area contributed by atoms with E-state index in [2.05, 4.69) is 20.8 Å². The fourth-order valence-electron chi connectivity index (χ4n) is 2.97. The molecule has 1 heterocycles. The maximum Gasteiger partial charge on any atom is 0.305 e. The molecule has 0 saturated carbocycles. The van der Waals surface area contributed by atoms with Gasteiger partial charge in [0.1, 0.15) is 0 Å². The third-order valence-corrected chi connectivity index (χ3v) is 4.38. The van der Waals surface area contributed by atoms with Crippen molar-refractivity contribution >= 4 is 11.9 Å². The average Bonchev–Trinajstić information content (AvgIpc) is 2.88. The second-order valence-electron chi connectivity index (χ2n) is 7.13. The fraction of sp³-hybridized carbons (Fsp3) is 0.556. The molecule has 126 valence electrons. The Labute approximate surface area is 137 Å². The zero-order chi connectivity index (χ0) is 17.2. The summed E-state index contributed by atoms with van der Waals surface area (Å²) in [5, 5.41) is 9.05. The number of methoxy groups -OCH3 is 1. The van der Waals surface area contributed by atoms with Crippen molar-refractivity contribution in [2.24, 2.45) is 0 Å². The first-order chi connectivity index (χ1) is 10.7. The number of amides is 1. The number of benzene rings is 1. The zero-order valence-corrected chi connectivity index (χ0v) is 14.2. The third kappa shape index (κ3) is 4.10. The van der Waals surface area contributed by atoms with Gasteiger partial charge in [0, 0.05) is 25.3 Å². The van der Waals surface area contributed by atoms with Crippen LogP contribution in [0.15, 0.2) is 24.3 Å². The summed E-state index contributed by atoms with van der Waals surface area (Å²) in [5.74, 6) is -1.02. The van der Waals surface area contributed by atoms with E-state index in [0.29, 0.717) is 18.5 Å². The number of hydrogen-bond donors (Lipinski definition) is 1. The molecule has 0 radical (unpaired) electrons. The van der Waals surface area contributed by atoms with Crippen molar-refractivity contribution in [1.82, 2.24) is 4.90 Å². The Balaban J connectivity index is 2.18. The molecule has 1 aromatic rings. The summed E-state index contributed by atoms with van der Waals surface area (Å²) in [5.41, 5.74) is 1.78. The summed E-state index contributed by atoms with van der Waals surface area (Å²) in [7, 11) is 1.59. The molecule has 0 aromatic heterocycles. The minimum atomic E-state index is -0.896. The van der Waals surface area contributed by atoms with Crippen LogP contribution in [0, 0.1) is 0 Å². The Morgan fingerprint density at radius 3 is 2.35 bits per heavy atom. The Kier molecular flexibility index (Phi) is 5.09. The highest BCUT2D eigenvalue weighted by Gasteiger charge is 2.36. The van der Waals surface area contributed by atoms with Crippen LogP contribution in [0.1, 0.15) is 49.5 Å². The van der Waals surface area contributed by atoms with Crippen LogP contribution in [-0.4, -0.2) is 47.7 Å². The van der Waals surface area contributed by atoms with Crippen LogP contribution in [0.5, 0.6) is 0 Å². The molecule has 1 aliphatic heterocycles. The van der Waals surface area contributed by atoms with Gasteiger partial charge in [-0.25, -0.2) is 0 Å². The SMILES string of the molecule is COC1CC(CC(=O)O)N(C(=O)c2ccc(C(C)(C)C)cc2)C1. The van der Waals surface area contributed by atoms with Gasteiger partial charge in [0.05, 0.1) is 12.5 Å². The number of nitrogens with zero attached hydrogens (tertiary/aromatic N) is 1. The molecule has 1 fully saturated rings. The quantitative estimate of drug-likeness (QED) is 0.926. The number of carboxylic acid groups (broad SMARTS) is 1. The Morgan fingerprint density at radius 2 is 1.87 bits per heavy atom. The van der Waals surface area contributed by atoms with Crippen molar-refractivity contribution in [1.29, 1.82) is 0 Å². The molecule has 1 aliphatic rings. The van der Waals surface area contributed by atoms with E-state index in [0.717, 1.165) is 5.56 Å². The van der Waals surface area contributed by atoms with Gasteiger partial charge in [-0.1, -0.05) is 32.9 Å². The highest BCUT2D eigenvalue weighted by molar-refractivity contribution is 5.95. The molecule has 0 spiro atoms. The van der Waals surface area contributed by atoms with Gasteiger partial charge in [-0.05, 0) is 29.5 Å². The van der Waals surface area contributed by atoms with Crippen LogP contribution in [-0.2, 0) is 14.9 Å². The summed E-state index contributed by atoms with van der Waals surface area (Å²) >= 11 is 0. The highest BCUT2D eigenvalue weighted by Crippen LogP contribution is 2.26. The molecule has 2 atom stereocenters. The molecule has 23 heavy (non-hydrogen) atoms. The van der Waals surface area contributed by atoms with E-state index in [1.807, 2.05) is 24.3 Å². The lowest BCUT2D eigenvalue weighted by molar-refractivity contribution is -0.137. The van der Waals surface area contributed by atoms with Crippen molar-refractivity contribution < 1.29 is 19.4 Å². The number of carboxylic acids is 1. The van der Waals surface area contributed by atoms with Crippen molar-refractivity contribution in [3.8, 4) is 0 Å². The first kappa shape index (κ1) is 17.5. The molecular weight excluding hydrogens is 294 g/mol. The van der Waals surface area contributed by atoms with Crippen LogP contribution >= 0.6 is 0 Å².